The molecule has 3 aromatic rings. The molecule has 2 heterocycles. The molecule has 0 amide bonds. The number of hydrogen-bond acceptors (Lipinski definition) is 6. The lowest BCUT2D eigenvalue weighted by molar-refractivity contribution is -0.147. The minimum atomic E-state index is -0.458. The molecule has 0 bridgehead atoms. The average molecular weight is 431 g/mol. The molecule has 1 saturated heterocycles. The normalized spacial score (nSPS) is 16.0. The van der Waals surface area contributed by atoms with Crippen LogP contribution in [0.1, 0.15) is 11.6 Å². The molecule has 1 aromatic heterocycles. The van der Waals surface area contributed by atoms with Gasteiger partial charge in [-0.25, -0.2) is 14.8 Å². The molecule has 4 rings (SSSR count). The number of nitrogens with zero attached hydrogens (tertiary/aromatic N) is 4. The predicted octanol–water partition coefficient (Wildman–Crippen LogP) is 3.97. The van der Waals surface area contributed by atoms with Crippen LogP contribution in [0.5, 0.6) is 0 Å². The Morgan fingerprint density at radius 3 is 2.38 bits per heavy atom. The maximum Gasteiger partial charge on any atom is 0.327 e. The lowest BCUT2D eigenvalue weighted by Gasteiger charge is -2.39. The number of hydrogen-bond donors (Lipinski definition) is 0. The van der Waals surface area contributed by atoms with Crippen molar-refractivity contribution in [1.29, 1.82) is 0 Å². The number of piperazine rings is 1. The number of halogens is 2. The van der Waals surface area contributed by atoms with Crippen molar-refractivity contribution >= 4 is 45.9 Å². The van der Waals surface area contributed by atoms with Crippen molar-refractivity contribution in [2.24, 2.45) is 0 Å². The Kier molecular flexibility index (Phi) is 5.85. The third kappa shape index (κ3) is 4.15. The van der Waals surface area contributed by atoms with Gasteiger partial charge in [0.05, 0.1) is 12.6 Å². The van der Waals surface area contributed by atoms with E-state index in [1.165, 1.54) is 7.11 Å². The number of benzene rings is 2. The molecule has 0 N–H and O–H groups in total. The SMILES string of the molecule is COC(=O)C(c1ccc(Cl)cc1)N1CCN(c2ncnc3cc(Cl)ccc23)CC1. The number of aromatic nitrogens is 2. The zero-order chi connectivity index (χ0) is 20.4. The third-order valence-corrected chi connectivity index (χ3v) is 5.65. The first-order valence-electron chi connectivity index (χ1n) is 9.29. The first kappa shape index (κ1) is 19.9. The van der Waals surface area contributed by atoms with Gasteiger partial charge in [0.15, 0.2) is 0 Å². The summed E-state index contributed by atoms with van der Waals surface area (Å²) in [6.45, 7) is 2.86. The Bertz CT molecular complexity index is 1020. The Morgan fingerprint density at radius 2 is 1.69 bits per heavy atom. The summed E-state index contributed by atoms with van der Waals surface area (Å²) in [6.07, 6.45) is 1.56. The van der Waals surface area contributed by atoms with E-state index in [1.807, 2.05) is 30.3 Å². The number of ether oxygens (including phenoxy) is 1. The van der Waals surface area contributed by atoms with E-state index >= 15 is 0 Å². The van der Waals surface area contributed by atoms with Gasteiger partial charge in [-0.3, -0.25) is 4.90 Å². The molecule has 1 fully saturated rings. The minimum Gasteiger partial charge on any atom is -0.468 e. The first-order chi connectivity index (χ1) is 14.1. The highest BCUT2D eigenvalue weighted by Gasteiger charge is 2.31. The molecule has 0 saturated carbocycles. The molecule has 0 aliphatic carbocycles. The van der Waals surface area contributed by atoms with Gasteiger partial charge in [-0.05, 0) is 35.9 Å². The lowest BCUT2D eigenvalue weighted by atomic mass is 10.0. The van der Waals surface area contributed by atoms with E-state index in [0.29, 0.717) is 23.1 Å². The Labute approximate surface area is 179 Å². The Balaban J connectivity index is 1.55. The molecule has 0 spiro atoms. The maximum absolute atomic E-state index is 12.5. The third-order valence-electron chi connectivity index (χ3n) is 5.17. The number of carbonyl (C=O) groups excluding carboxylic acids is 1. The van der Waals surface area contributed by atoms with E-state index in [1.54, 1.807) is 18.5 Å². The highest BCUT2D eigenvalue weighted by Crippen LogP contribution is 2.29. The van der Waals surface area contributed by atoms with Crippen molar-refractivity contribution in [2.75, 3.05) is 38.2 Å². The summed E-state index contributed by atoms with van der Waals surface area (Å²) < 4.78 is 5.07. The molecule has 29 heavy (non-hydrogen) atoms. The molecule has 0 radical (unpaired) electrons. The van der Waals surface area contributed by atoms with E-state index in [0.717, 1.165) is 35.4 Å². The largest absolute Gasteiger partial charge is 0.468 e. The van der Waals surface area contributed by atoms with E-state index < -0.39 is 6.04 Å². The van der Waals surface area contributed by atoms with Gasteiger partial charge in [0, 0.05) is 41.6 Å². The van der Waals surface area contributed by atoms with Gasteiger partial charge in [-0.15, -0.1) is 0 Å². The van der Waals surface area contributed by atoms with Crippen LogP contribution < -0.4 is 4.90 Å². The van der Waals surface area contributed by atoms with Crippen LogP contribution in [-0.2, 0) is 9.53 Å². The molecule has 1 aliphatic rings. The van der Waals surface area contributed by atoms with Crippen LogP contribution in [0.15, 0.2) is 48.8 Å². The smallest absolute Gasteiger partial charge is 0.327 e. The minimum absolute atomic E-state index is 0.275. The summed E-state index contributed by atoms with van der Waals surface area (Å²) in [5.41, 5.74) is 1.69. The number of esters is 1. The molecular formula is C21H20Cl2N4O2. The highest BCUT2D eigenvalue weighted by molar-refractivity contribution is 6.31. The van der Waals surface area contributed by atoms with Gasteiger partial charge in [0.2, 0.25) is 0 Å². The van der Waals surface area contributed by atoms with E-state index in [9.17, 15) is 4.79 Å². The van der Waals surface area contributed by atoms with Crippen molar-refractivity contribution in [3.8, 4) is 0 Å². The van der Waals surface area contributed by atoms with E-state index in [2.05, 4.69) is 19.8 Å². The predicted molar refractivity (Wildman–Crippen MR) is 115 cm³/mol. The number of fused-ring (bicyclic) bond motifs is 1. The quantitative estimate of drug-likeness (QED) is 0.583. The molecular weight excluding hydrogens is 411 g/mol. The fourth-order valence-corrected chi connectivity index (χ4v) is 4.00. The van der Waals surface area contributed by atoms with Crippen molar-refractivity contribution < 1.29 is 9.53 Å². The second kappa shape index (κ2) is 8.53. The fourth-order valence-electron chi connectivity index (χ4n) is 3.71. The summed E-state index contributed by atoms with van der Waals surface area (Å²) >= 11 is 12.1. The lowest BCUT2D eigenvalue weighted by Crippen LogP contribution is -2.49. The summed E-state index contributed by atoms with van der Waals surface area (Å²) in [5.74, 6) is 0.607. The number of rotatable bonds is 4. The van der Waals surface area contributed by atoms with Gasteiger partial charge < -0.3 is 9.64 Å². The van der Waals surface area contributed by atoms with E-state index in [4.69, 9.17) is 27.9 Å². The number of anilines is 1. The van der Waals surface area contributed by atoms with Crippen molar-refractivity contribution in [2.45, 2.75) is 6.04 Å². The summed E-state index contributed by atoms with van der Waals surface area (Å²) in [4.78, 5) is 25.7. The van der Waals surface area contributed by atoms with Crippen molar-refractivity contribution in [1.82, 2.24) is 14.9 Å². The average Bonchev–Trinajstić information content (AvgIpc) is 2.75. The molecule has 150 valence electrons. The monoisotopic (exact) mass is 430 g/mol. The Morgan fingerprint density at radius 1 is 1.00 bits per heavy atom. The zero-order valence-corrected chi connectivity index (χ0v) is 17.4. The van der Waals surface area contributed by atoms with Gasteiger partial charge in [-0.1, -0.05) is 35.3 Å². The molecule has 6 nitrogen and oxygen atoms in total. The Hall–Kier alpha value is -2.41. The van der Waals surface area contributed by atoms with Crippen LogP contribution in [0.2, 0.25) is 10.0 Å². The summed E-state index contributed by atoms with van der Waals surface area (Å²) in [7, 11) is 1.42. The standard InChI is InChI=1S/C21H20Cl2N4O2/c1-29-21(28)19(14-2-4-15(22)5-3-14)26-8-10-27(11-9-26)20-17-7-6-16(23)12-18(17)24-13-25-20/h2-7,12-13,19H,8-11H2,1H3. The summed E-state index contributed by atoms with van der Waals surface area (Å²) in [6, 6.07) is 12.5. The summed E-state index contributed by atoms with van der Waals surface area (Å²) in [5, 5.41) is 2.25. The molecule has 1 aliphatic heterocycles. The topological polar surface area (TPSA) is 58.6 Å². The molecule has 1 atom stereocenters. The number of methoxy groups -OCH3 is 1. The van der Waals surface area contributed by atoms with Gasteiger partial charge in [0.1, 0.15) is 18.2 Å². The molecule has 8 heteroatoms. The van der Waals surface area contributed by atoms with Crippen LogP contribution in [0, 0.1) is 0 Å². The molecule has 2 aromatic carbocycles. The number of carbonyl (C=O) groups is 1. The second-order valence-electron chi connectivity index (χ2n) is 6.86. The van der Waals surface area contributed by atoms with E-state index in [-0.39, 0.29) is 5.97 Å². The van der Waals surface area contributed by atoms with Crippen LogP contribution in [-0.4, -0.2) is 54.1 Å². The van der Waals surface area contributed by atoms with Gasteiger partial charge in [0.25, 0.3) is 0 Å². The highest BCUT2D eigenvalue weighted by atomic mass is 35.5. The van der Waals surface area contributed by atoms with Crippen LogP contribution >= 0.6 is 23.2 Å². The zero-order valence-electron chi connectivity index (χ0n) is 15.9. The van der Waals surface area contributed by atoms with Crippen LogP contribution in [0.25, 0.3) is 10.9 Å². The van der Waals surface area contributed by atoms with Crippen LogP contribution in [0.4, 0.5) is 5.82 Å². The van der Waals surface area contributed by atoms with Crippen LogP contribution in [0.3, 0.4) is 0 Å². The van der Waals surface area contributed by atoms with Crippen molar-refractivity contribution in [3.05, 3.63) is 64.4 Å². The van der Waals surface area contributed by atoms with Gasteiger partial charge in [-0.2, -0.15) is 0 Å². The van der Waals surface area contributed by atoms with Crippen molar-refractivity contribution in [3.63, 3.8) is 0 Å². The first-order valence-corrected chi connectivity index (χ1v) is 10.0. The fraction of sp³-hybridized carbons (Fsp3) is 0.286. The molecule has 1 unspecified atom stereocenters. The van der Waals surface area contributed by atoms with Gasteiger partial charge >= 0.3 is 5.97 Å². The second-order valence-corrected chi connectivity index (χ2v) is 7.73. The maximum atomic E-state index is 12.5.